The monoisotopic (exact) mass is 292 g/mol. The van der Waals surface area contributed by atoms with Crippen LogP contribution in [0, 0.1) is 0 Å². The van der Waals surface area contributed by atoms with Crippen LogP contribution < -0.4 is 10.1 Å². The lowest BCUT2D eigenvalue weighted by Gasteiger charge is -2.25. The Kier molecular flexibility index (Phi) is 5.03. The highest BCUT2D eigenvalue weighted by atomic mass is 16.5. The smallest absolute Gasteiger partial charge is 0.325 e. The Hall–Kier alpha value is -2.24. The standard InChI is InChI=1S/C15H20N2O4/c1-20-12-7-5-11(6-8-12)13-4-3-9-17(13)15(19)16-10-14(18)21-2/h5-8,13H,3-4,9-10H2,1-2H3,(H,16,19)/t13-/m1/s1. The molecule has 1 fully saturated rings. The molecule has 0 radical (unpaired) electrons. The Labute approximate surface area is 124 Å². The summed E-state index contributed by atoms with van der Waals surface area (Å²) in [5, 5.41) is 2.59. The summed E-state index contributed by atoms with van der Waals surface area (Å²) in [5.74, 6) is 0.335. The van der Waals surface area contributed by atoms with Gasteiger partial charge in [-0.3, -0.25) is 4.79 Å². The van der Waals surface area contributed by atoms with Gasteiger partial charge >= 0.3 is 12.0 Å². The van der Waals surface area contributed by atoms with Gasteiger partial charge in [0, 0.05) is 6.54 Å². The maximum absolute atomic E-state index is 12.2. The van der Waals surface area contributed by atoms with Gasteiger partial charge in [-0.05, 0) is 30.5 Å². The van der Waals surface area contributed by atoms with Crippen molar-refractivity contribution in [2.45, 2.75) is 18.9 Å². The fourth-order valence-electron chi connectivity index (χ4n) is 2.50. The van der Waals surface area contributed by atoms with Crippen LogP contribution in [0.1, 0.15) is 24.4 Å². The van der Waals surface area contributed by atoms with Crippen molar-refractivity contribution in [3.63, 3.8) is 0 Å². The van der Waals surface area contributed by atoms with Crippen LogP contribution in [0.3, 0.4) is 0 Å². The third-order valence-corrected chi connectivity index (χ3v) is 3.63. The van der Waals surface area contributed by atoms with Crippen LogP contribution in [-0.4, -0.2) is 44.2 Å². The number of carbonyl (C=O) groups excluding carboxylic acids is 2. The van der Waals surface area contributed by atoms with E-state index in [0.717, 1.165) is 24.2 Å². The molecular formula is C15H20N2O4. The molecule has 0 aromatic heterocycles. The van der Waals surface area contributed by atoms with E-state index in [1.54, 1.807) is 12.0 Å². The Balaban J connectivity index is 2.01. The number of esters is 1. The van der Waals surface area contributed by atoms with Gasteiger partial charge in [-0.15, -0.1) is 0 Å². The van der Waals surface area contributed by atoms with E-state index in [9.17, 15) is 9.59 Å². The van der Waals surface area contributed by atoms with Crippen molar-refractivity contribution in [2.24, 2.45) is 0 Å². The Bertz CT molecular complexity index is 501. The van der Waals surface area contributed by atoms with E-state index in [1.165, 1.54) is 7.11 Å². The van der Waals surface area contributed by atoms with Crippen molar-refractivity contribution in [2.75, 3.05) is 27.3 Å². The summed E-state index contributed by atoms with van der Waals surface area (Å²) >= 11 is 0. The fraction of sp³-hybridized carbons (Fsp3) is 0.467. The average Bonchev–Trinajstić information content (AvgIpc) is 3.01. The third kappa shape index (κ3) is 3.65. The molecule has 6 heteroatoms. The molecule has 0 spiro atoms. The maximum atomic E-state index is 12.2. The summed E-state index contributed by atoms with van der Waals surface area (Å²) in [6, 6.07) is 7.51. The lowest BCUT2D eigenvalue weighted by atomic mass is 10.0. The van der Waals surface area contributed by atoms with Gasteiger partial charge < -0.3 is 19.7 Å². The van der Waals surface area contributed by atoms with Gasteiger partial charge in [-0.2, -0.15) is 0 Å². The first-order valence-electron chi connectivity index (χ1n) is 6.91. The number of urea groups is 1. The number of amides is 2. The van der Waals surface area contributed by atoms with Gasteiger partial charge in [-0.25, -0.2) is 4.79 Å². The molecular weight excluding hydrogens is 272 g/mol. The van der Waals surface area contributed by atoms with Crippen molar-refractivity contribution in [1.82, 2.24) is 10.2 Å². The number of benzene rings is 1. The topological polar surface area (TPSA) is 67.9 Å². The molecule has 114 valence electrons. The predicted octanol–water partition coefficient (Wildman–Crippen LogP) is 1.71. The molecule has 2 amide bonds. The number of nitrogens with one attached hydrogen (secondary N) is 1. The van der Waals surface area contributed by atoms with Crippen molar-refractivity contribution in [3.8, 4) is 5.75 Å². The molecule has 0 unspecified atom stereocenters. The van der Waals surface area contributed by atoms with Crippen LogP contribution in [-0.2, 0) is 9.53 Å². The highest BCUT2D eigenvalue weighted by Crippen LogP contribution is 2.32. The van der Waals surface area contributed by atoms with E-state index in [4.69, 9.17) is 4.74 Å². The van der Waals surface area contributed by atoms with Gasteiger partial charge in [0.05, 0.1) is 20.3 Å². The van der Waals surface area contributed by atoms with Gasteiger partial charge in [0.1, 0.15) is 12.3 Å². The number of hydrogen-bond acceptors (Lipinski definition) is 4. The lowest BCUT2D eigenvalue weighted by Crippen LogP contribution is -2.41. The van der Waals surface area contributed by atoms with E-state index in [-0.39, 0.29) is 18.6 Å². The average molecular weight is 292 g/mol. The first-order chi connectivity index (χ1) is 10.2. The summed E-state index contributed by atoms with van der Waals surface area (Å²) in [6.45, 7) is 0.574. The zero-order chi connectivity index (χ0) is 15.2. The van der Waals surface area contributed by atoms with Crippen LogP contribution in [0.15, 0.2) is 24.3 Å². The predicted molar refractivity (Wildman–Crippen MR) is 77.1 cm³/mol. The molecule has 2 rings (SSSR count). The molecule has 1 N–H and O–H groups in total. The van der Waals surface area contributed by atoms with Gasteiger partial charge in [0.2, 0.25) is 0 Å². The van der Waals surface area contributed by atoms with Crippen LogP contribution in [0.4, 0.5) is 4.79 Å². The van der Waals surface area contributed by atoms with Crippen LogP contribution in [0.2, 0.25) is 0 Å². The molecule has 0 bridgehead atoms. The van der Waals surface area contributed by atoms with Crippen LogP contribution >= 0.6 is 0 Å². The number of ether oxygens (including phenoxy) is 2. The molecule has 1 aromatic rings. The van der Waals surface area contributed by atoms with E-state index < -0.39 is 5.97 Å². The molecule has 1 saturated heterocycles. The van der Waals surface area contributed by atoms with Crippen molar-refractivity contribution < 1.29 is 19.1 Å². The quantitative estimate of drug-likeness (QED) is 0.858. The minimum Gasteiger partial charge on any atom is -0.497 e. The Morgan fingerprint density at radius 2 is 2.00 bits per heavy atom. The maximum Gasteiger partial charge on any atom is 0.325 e. The summed E-state index contributed by atoms with van der Waals surface area (Å²) in [4.78, 5) is 25.0. The van der Waals surface area contributed by atoms with Crippen molar-refractivity contribution in [1.29, 1.82) is 0 Å². The SMILES string of the molecule is COC(=O)CNC(=O)N1CCC[C@@H]1c1ccc(OC)cc1. The van der Waals surface area contributed by atoms with Gasteiger partial charge in [0.15, 0.2) is 0 Å². The van der Waals surface area contributed by atoms with E-state index in [1.807, 2.05) is 24.3 Å². The van der Waals surface area contributed by atoms with Crippen LogP contribution in [0.25, 0.3) is 0 Å². The Morgan fingerprint density at radius 1 is 1.29 bits per heavy atom. The molecule has 6 nitrogen and oxygen atoms in total. The summed E-state index contributed by atoms with van der Waals surface area (Å²) in [7, 11) is 2.92. The second-order valence-electron chi connectivity index (χ2n) is 4.86. The number of hydrogen-bond donors (Lipinski definition) is 1. The summed E-state index contributed by atoms with van der Waals surface area (Å²) in [6.07, 6.45) is 1.86. The second-order valence-corrected chi connectivity index (χ2v) is 4.86. The molecule has 1 aliphatic rings. The zero-order valence-electron chi connectivity index (χ0n) is 12.3. The third-order valence-electron chi connectivity index (χ3n) is 3.63. The van der Waals surface area contributed by atoms with E-state index in [2.05, 4.69) is 10.1 Å². The molecule has 1 aromatic carbocycles. The van der Waals surface area contributed by atoms with E-state index in [0.29, 0.717) is 6.54 Å². The highest BCUT2D eigenvalue weighted by molar-refractivity contribution is 5.81. The minimum atomic E-state index is -0.455. The van der Waals surface area contributed by atoms with Gasteiger partial charge in [-0.1, -0.05) is 12.1 Å². The highest BCUT2D eigenvalue weighted by Gasteiger charge is 2.30. The number of methoxy groups -OCH3 is 2. The lowest BCUT2D eigenvalue weighted by molar-refractivity contribution is -0.139. The first-order valence-corrected chi connectivity index (χ1v) is 6.91. The Morgan fingerprint density at radius 3 is 2.62 bits per heavy atom. The number of nitrogens with zero attached hydrogens (tertiary/aromatic N) is 1. The molecule has 1 atom stereocenters. The minimum absolute atomic E-state index is 0.0357. The molecule has 0 aliphatic carbocycles. The van der Waals surface area contributed by atoms with E-state index >= 15 is 0 Å². The number of rotatable bonds is 4. The summed E-state index contributed by atoms with van der Waals surface area (Å²) in [5.41, 5.74) is 1.07. The fourth-order valence-corrected chi connectivity index (χ4v) is 2.50. The second kappa shape index (κ2) is 6.97. The molecule has 21 heavy (non-hydrogen) atoms. The first kappa shape index (κ1) is 15.2. The number of carbonyl (C=O) groups is 2. The summed E-state index contributed by atoms with van der Waals surface area (Å²) < 4.78 is 9.65. The normalized spacial score (nSPS) is 17.4. The largest absolute Gasteiger partial charge is 0.497 e. The number of likely N-dealkylation sites (tertiary alicyclic amines) is 1. The zero-order valence-corrected chi connectivity index (χ0v) is 12.3. The molecule has 1 aliphatic heterocycles. The van der Waals surface area contributed by atoms with Gasteiger partial charge in [0.25, 0.3) is 0 Å². The van der Waals surface area contributed by atoms with Crippen molar-refractivity contribution in [3.05, 3.63) is 29.8 Å². The van der Waals surface area contributed by atoms with Crippen molar-refractivity contribution >= 4 is 12.0 Å². The molecule has 0 saturated carbocycles. The van der Waals surface area contributed by atoms with Crippen LogP contribution in [0.5, 0.6) is 5.75 Å². The molecule has 1 heterocycles.